The summed E-state index contributed by atoms with van der Waals surface area (Å²) in [5, 5.41) is 6.71. The molecule has 0 spiro atoms. The molecule has 0 radical (unpaired) electrons. The fourth-order valence-electron chi connectivity index (χ4n) is 6.71. The summed E-state index contributed by atoms with van der Waals surface area (Å²) in [5.74, 6) is 0.523. The number of nitrogens with zero attached hydrogens (tertiary/aromatic N) is 2. The van der Waals surface area contributed by atoms with Crippen molar-refractivity contribution in [3.63, 3.8) is 0 Å². The van der Waals surface area contributed by atoms with Gasteiger partial charge in [-0.3, -0.25) is 14.6 Å². The summed E-state index contributed by atoms with van der Waals surface area (Å²) in [4.78, 5) is 34.5. The Kier molecular flexibility index (Phi) is 7.79. The van der Waals surface area contributed by atoms with Crippen LogP contribution in [-0.2, 0) is 14.1 Å². The maximum atomic E-state index is 13.5. The van der Waals surface area contributed by atoms with Crippen molar-refractivity contribution in [3.05, 3.63) is 59.1 Å². The number of carbonyl (C=O) groups excluding carboxylic acids is 2. The summed E-state index contributed by atoms with van der Waals surface area (Å²) in [6.45, 7) is 11.1. The van der Waals surface area contributed by atoms with E-state index in [0.717, 1.165) is 12.0 Å². The topological polar surface area (TPSA) is 102 Å². The monoisotopic (exact) mass is 552 g/mol. The Balaban J connectivity index is 1.30. The van der Waals surface area contributed by atoms with Gasteiger partial charge in [-0.15, -0.1) is 0 Å². The van der Waals surface area contributed by atoms with E-state index >= 15 is 0 Å². The second kappa shape index (κ2) is 10.8. The molecule has 6 atom stereocenters. The fraction of sp³-hybridized carbons (Fsp3) is 0.586. The number of rotatable bonds is 9. The first-order valence-corrected chi connectivity index (χ1v) is 14.3. The first-order valence-electron chi connectivity index (χ1n) is 13.9. The van der Waals surface area contributed by atoms with E-state index in [1.807, 2.05) is 12.1 Å². The molecule has 6 rings (SSSR count). The van der Waals surface area contributed by atoms with Gasteiger partial charge in [0.15, 0.2) is 0 Å². The Morgan fingerprint density at radius 1 is 1.15 bits per heavy atom. The van der Waals surface area contributed by atoms with Gasteiger partial charge in [-0.1, -0.05) is 51.4 Å². The maximum Gasteiger partial charge on any atom is 0.481 e. The largest absolute Gasteiger partial charge is 0.481 e. The lowest BCUT2D eigenvalue weighted by Gasteiger charge is -2.63. The molecule has 1 saturated heterocycles. The molecule has 1 aromatic carbocycles. The number of aromatic nitrogens is 2. The first kappa shape index (κ1) is 28.1. The van der Waals surface area contributed by atoms with Gasteiger partial charge in [0, 0.05) is 17.4 Å². The molecular formula is C29H38BClN4O4. The lowest BCUT2D eigenvalue weighted by atomic mass is 9.45. The molecule has 4 fully saturated rings. The highest BCUT2D eigenvalue weighted by atomic mass is 35.5. The zero-order chi connectivity index (χ0) is 27.9. The SMILES string of the molecule is CC(C)C[C@H](NC(=O)CC(NC(=O)c1cnccn1)c1ccc(Cl)cc1)B1O[C@H]2C3CC(C[C@]2(C)O1)C3(C)C. The van der Waals surface area contributed by atoms with E-state index < -0.39 is 19.1 Å². The standard InChI is InChI=1S/C29H38BClN4O4/c1-17(2)12-24(30-38-26-21-13-19(28(21,3)4)15-29(26,5)39-30)35-25(36)14-22(18-6-8-20(31)9-7-18)34-27(37)23-16-32-10-11-33-23/h6-11,16-17,19,21-22,24,26H,12-15H2,1-5H3,(H,34,37)(H,35,36)/t19?,21?,22?,24-,26-,29-/m0/s1. The third kappa shape index (κ3) is 5.72. The van der Waals surface area contributed by atoms with Crippen LogP contribution in [0.3, 0.4) is 0 Å². The van der Waals surface area contributed by atoms with Gasteiger partial charge in [0.05, 0.1) is 36.3 Å². The molecule has 3 unspecified atom stereocenters. The Hall–Kier alpha value is -2.49. The molecule has 4 aliphatic rings. The van der Waals surface area contributed by atoms with Crippen molar-refractivity contribution in [1.82, 2.24) is 20.6 Å². The number of benzene rings is 1. The number of hydrogen-bond donors (Lipinski definition) is 2. The Bertz CT molecular complexity index is 1200. The number of amides is 2. The third-order valence-corrected chi connectivity index (χ3v) is 9.25. The van der Waals surface area contributed by atoms with Gasteiger partial charge in [0.1, 0.15) is 5.69 Å². The summed E-state index contributed by atoms with van der Waals surface area (Å²) in [6, 6.07) is 6.52. The van der Waals surface area contributed by atoms with Crippen molar-refractivity contribution >= 4 is 30.5 Å². The van der Waals surface area contributed by atoms with Crippen molar-refractivity contribution in [2.75, 3.05) is 0 Å². The van der Waals surface area contributed by atoms with Crippen LogP contribution in [0.25, 0.3) is 0 Å². The van der Waals surface area contributed by atoms with Crippen LogP contribution in [0.15, 0.2) is 42.9 Å². The summed E-state index contributed by atoms with van der Waals surface area (Å²) in [7, 11) is -0.510. The molecule has 2 heterocycles. The quantitative estimate of drug-likeness (QED) is 0.434. The molecule has 1 aliphatic heterocycles. The Morgan fingerprint density at radius 2 is 1.90 bits per heavy atom. The predicted octanol–water partition coefficient (Wildman–Crippen LogP) is 4.79. The van der Waals surface area contributed by atoms with Crippen LogP contribution in [0.5, 0.6) is 0 Å². The zero-order valence-electron chi connectivity index (χ0n) is 23.3. The minimum absolute atomic E-state index is 0.0298. The van der Waals surface area contributed by atoms with Crippen molar-refractivity contribution < 1.29 is 18.9 Å². The summed E-state index contributed by atoms with van der Waals surface area (Å²) < 4.78 is 13.2. The van der Waals surface area contributed by atoms with E-state index in [4.69, 9.17) is 20.9 Å². The number of carbonyl (C=O) groups is 2. The van der Waals surface area contributed by atoms with Gasteiger partial charge in [0.2, 0.25) is 5.91 Å². The van der Waals surface area contributed by atoms with E-state index in [2.05, 4.69) is 55.2 Å². The maximum absolute atomic E-state index is 13.5. The lowest BCUT2D eigenvalue weighted by Crippen LogP contribution is -2.63. The minimum atomic E-state index is -0.588. The first-order chi connectivity index (χ1) is 18.5. The summed E-state index contributed by atoms with van der Waals surface area (Å²) in [6.07, 6.45) is 7.30. The minimum Gasteiger partial charge on any atom is -0.404 e. The zero-order valence-corrected chi connectivity index (χ0v) is 24.1. The average molecular weight is 553 g/mol. The molecule has 10 heteroatoms. The predicted molar refractivity (Wildman–Crippen MR) is 150 cm³/mol. The van der Waals surface area contributed by atoms with Gasteiger partial charge in [0.25, 0.3) is 5.91 Å². The molecular weight excluding hydrogens is 515 g/mol. The molecule has 8 nitrogen and oxygen atoms in total. The highest BCUT2D eigenvalue weighted by Gasteiger charge is 2.67. The molecule has 3 saturated carbocycles. The van der Waals surface area contributed by atoms with Crippen LogP contribution >= 0.6 is 11.6 Å². The van der Waals surface area contributed by atoms with Crippen LogP contribution in [0.2, 0.25) is 5.02 Å². The normalized spacial score (nSPS) is 28.3. The summed E-state index contributed by atoms with van der Waals surface area (Å²) in [5.41, 5.74) is 0.872. The number of nitrogens with one attached hydrogen (secondary N) is 2. The van der Waals surface area contributed by atoms with Crippen molar-refractivity contribution in [2.24, 2.45) is 23.2 Å². The second-order valence-electron chi connectivity index (χ2n) is 12.6. The lowest BCUT2D eigenvalue weighted by molar-refractivity contribution is -0.185. The van der Waals surface area contributed by atoms with Crippen LogP contribution in [0, 0.1) is 23.2 Å². The number of halogens is 1. The highest BCUT2D eigenvalue weighted by molar-refractivity contribution is 6.47. The van der Waals surface area contributed by atoms with Crippen molar-refractivity contribution in [1.29, 1.82) is 0 Å². The molecule has 2 N–H and O–H groups in total. The van der Waals surface area contributed by atoms with Crippen LogP contribution < -0.4 is 10.6 Å². The van der Waals surface area contributed by atoms with Gasteiger partial charge in [-0.2, -0.15) is 0 Å². The molecule has 39 heavy (non-hydrogen) atoms. The second-order valence-corrected chi connectivity index (χ2v) is 13.0. The fourth-order valence-corrected chi connectivity index (χ4v) is 6.83. The van der Waals surface area contributed by atoms with Crippen molar-refractivity contribution in [2.45, 2.75) is 84.0 Å². The molecule has 3 aliphatic carbocycles. The van der Waals surface area contributed by atoms with Gasteiger partial charge in [-0.05, 0) is 67.1 Å². The van der Waals surface area contributed by atoms with E-state index in [9.17, 15) is 9.59 Å². The van der Waals surface area contributed by atoms with E-state index in [0.29, 0.717) is 29.2 Å². The molecule has 1 aromatic heterocycles. The van der Waals surface area contributed by atoms with Crippen molar-refractivity contribution in [3.8, 4) is 0 Å². The van der Waals surface area contributed by atoms with Crippen LogP contribution in [-0.4, -0.2) is 46.5 Å². The molecule has 2 aromatic rings. The number of hydrogen-bond acceptors (Lipinski definition) is 6. The average Bonchev–Trinajstić information content (AvgIpc) is 3.26. The van der Waals surface area contributed by atoms with Gasteiger partial charge in [-0.25, -0.2) is 4.98 Å². The van der Waals surface area contributed by atoms with E-state index in [1.165, 1.54) is 25.0 Å². The summed E-state index contributed by atoms with van der Waals surface area (Å²) >= 11 is 6.09. The van der Waals surface area contributed by atoms with Crippen LogP contribution in [0.4, 0.5) is 0 Å². The van der Waals surface area contributed by atoms with E-state index in [1.54, 1.807) is 12.1 Å². The van der Waals surface area contributed by atoms with Gasteiger partial charge < -0.3 is 19.9 Å². The Labute approximate surface area is 236 Å². The highest BCUT2D eigenvalue weighted by Crippen LogP contribution is 2.64. The van der Waals surface area contributed by atoms with Crippen LogP contribution in [0.1, 0.15) is 82.4 Å². The third-order valence-electron chi connectivity index (χ3n) is 8.99. The van der Waals surface area contributed by atoms with Gasteiger partial charge >= 0.3 is 7.12 Å². The smallest absolute Gasteiger partial charge is 0.404 e. The molecule has 2 bridgehead atoms. The molecule has 2 amide bonds. The van der Waals surface area contributed by atoms with E-state index in [-0.39, 0.29) is 41.1 Å². The Morgan fingerprint density at radius 3 is 2.54 bits per heavy atom. The molecule has 208 valence electrons.